The summed E-state index contributed by atoms with van der Waals surface area (Å²) < 4.78 is 0. The number of carbonyl (C=O) groups is 3. The fourth-order valence-corrected chi connectivity index (χ4v) is 3.31. The highest BCUT2D eigenvalue weighted by molar-refractivity contribution is 6.22. The third-order valence-corrected chi connectivity index (χ3v) is 4.64. The van der Waals surface area contributed by atoms with E-state index in [0.29, 0.717) is 17.0 Å². The molecule has 1 aromatic carbocycles. The molecule has 116 valence electrons. The van der Waals surface area contributed by atoms with Crippen molar-refractivity contribution in [1.82, 2.24) is 10.2 Å². The van der Waals surface area contributed by atoms with Crippen LogP contribution in [0.3, 0.4) is 0 Å². The average Bonchev–Trinajstić information content (AvgIpc) is 2.75. The first-order valence-electron chi connectivity index (χ1n) is 7.82. The number of rotatable bonds is 3. The van der Waals surface area contributed by atoms with E-state index in [-0.39, 0.29) is 30.3 Å². The highest BCUT2D eigenvalue weighted by Crippen LogP contribution is 2.24. The minimum absolute atomic E-state index is 0.149. The molecule has 1 aliphatic heterocycles. The first-order valence-corrected chi connectivity index (χ1v) is 7.82. The van der Waals surface area contributed by atoms with Crippen LogP contribution in [-0.4, -0.2) is 35.2 Å². The summed E-state index contributed by atoms with van der Waals surface area (Å²) in [5, 5.41) is 2.98. The molecule has 0 saturated heterocycles. The number of benzene rings is 1. The summed E-state index contributed by atoms with van der Waals surface area (Å²) in [6, 6.07) is 6.83. The third-order valence-electron chi connectivity index (χ3n) is 4.64. The molecule has 1 fully saturated rings. The van der Waals surface area contributed by atoms with Crippen molar-refractivity contribution in [2.45, 2.75) is 38.6 Å². The Labute approximate surface area is 129 Å². The number of fused-ring (bicyclic) bond motifs is 1. The summed E-state index contributed by atoms with van der Waals surface area (Å²) in [7, 11) is 0. The van der Waals surface area contributed by atoms with Crippen molar-refractivity contribution >= 4 is 17.7 Å². The molecule has 0 aromatic heterocycles. The molecular weight excluding hydrogens is 280 g/mol. The summed E-state index contributed by atoms with van der Waals surface area (Å²) in [6.45, 7) is 1.93. The fraction of sp³-hybridized carbons (Fsp3) is 0.471. The van der Waals surface area contributed by atoms with Crippen LogP contribution in [0, 0.1) is 5.92 Å². The van der Waals surface area contributed by atoms with E-state index in [1.807, 2.05) is 0 Å². The van der Waals surface area contributed by atoms with E-state index >= 15 is 0 Å². The van der Waals surface area contributed by atoms with E-state index in [0.717, 1.165) is 24.2 Å². The second-order valence-corrected chi connectivity index (χ2v) is 6.18. The van der Waals surface area contributed by atoms with Crippen LogP contribution in [0.15, 0.2) is 24.3 Å². The average molecular weight is 300 g/mol. The second kappa shape index (κ2) is 5.91. The monoisotopic (exact) mass is 300 g/mol. The third kappa shape index (κ3) is 2.63. The minimum Gasteiger partial charge on any atom is -0.352 e. The van der Waals surface area contributed by atoms with Gasteiger partial charge in [0.25, 0.3) is 11.8 Å². The van der Waals surface area contributed by atoms with Gasteiger partial charge in [-0.15, -0.1) is 0 Å². The van der Waals surface area contributed by atoms with Gasteiger partial charge in [0.2, 0.25) is 5.91 Å². The first-order chi connectivity index (χ1) is 10.6. The van der Waals surface area contributed by atoms with Gasteiger partial charge in [-0.2, -0.15) is 0 Å². The summed E-state index contributed by atoms with van der Waals surface area (Å²) in [4.78, 5) is 37.7. The quantitative estimate of drug-likeness (QED) is 0.868. The van der Waals surface area contributed by atoms with Crippen molar-refractivity contribution in [1.29, 1.82) is 0 Å². The van der Waals surface area contributed by atoms with Crippen molar-refractivity contribution < 1.29 is 14.4 Å². The Morgan fingerprint density at radius 2 is 1.73 bits per heavy atom. The lowest BCUT2D eigenvalue weighted by atomic mass is 9.86. The van der Waals surface area contributed by atoms with Crippen LogP contribution in [0.1, 0.15) is 53.3 Å². The van der Waals surface area contributed by atoms with Gasteiger partial charge in [0, 0.05) is 6.04 Å². The van der Waals surface area contributed by atoms with E-state index in [9.17, 15) is 14.4 Å². The normalized spacial score (nSPS) is 24.3. The molecule has 2 atom stereocenters. The van der Waals surface area contributed by atoms with Crippen molar-refractivity contribution in [3.05, 3.63) is 35.4 Å². The zero-order valence-corrected chi connectivity index (χ0v) is 12.7. The number of amides is 3. The van der Waals surface area contributed by atoms with E-state index < -0.39 is 0 Å². The molecule has 5 nitrogen and oxygen atoms in total. The zero-order chi connectivity index (χ0) is 15.7. The maximum Gasteiger partial charge on any atom is 0.262 e. The summed E-state index contributed by atoms with van der Waals surface area (Å²) >= 11 is 0. The summed E-state index contributed by atoms with van der Waals surface area (Å²) in [5.41, 5.74) is 0.762. The Balaban J connectivity index is 1.65. The van der Waals surface area contributed by atoms with Crippen LogP contribution in [0.2, 0.25) is 0 Å². The van der Waals surface area contributed by atoms with Crippen molar-refractivity contribution in [3.8, 4) is 0 Å². The Morgan fingerprint density at radius 3 is 2.32 bits per heavy atom. The van der Waals surface area contributed by atoms with E-state index in [1.165, 1.54) is 6.42 Å². The number of imide groups is 1. The molecule has 0 unspecified atom stereocenters. The molecule has 3 rings (SSSR count). The lowest BCUT2D eigenvalue weighted by molar-refractivity contribution is -0.122. The van der Waals surface area contributed by atoms with Gasteiger partial charge in [0.05, 0.1) is 11.1 Å². The number of hydrogen-bond acceptors (Lipinski definition) is 3. The van der Waals surface area contributed by atoms with Gasteiger partial charge in [0.1, 0.15) is 6.54 Å². The van der Waals surface area contributed by atoms with E-state index in [2.05, 4.69) is 12.2 Å². The van der Waals surface area contributed by atoms with Crippen molar-refractivity contribution in [2.75, 3.05) is 6.54 Å². The number of hydrogen-bond donors (Lipinski definition) is 1. The molecule has 0 bridgehead atoms. The SMILES string of the molecule is C[C@H]1CCCC[C@@H]1NC(=O)CN1C(=O)c2ccccc2C1=O. The van der Waals surface area contributed by atoms with Crippen LogP contribution in [0.4, 0.5) is 0 Å². The van der Waals surface area contributed by atoms with Crippen LogP contribution in [0.25, 0.3) is 0 Å². The smallest absolute Gasteiger partial charge is 0.262 e. The molecule has 1 aromatic rings. The van der Waals surface area contributed by atoms with Crippen LogP contribution in [-0.2, 0) is 4.79 Å². The Kier molecular flexibility index (Phi) is 3.96. The van der Waals surface area contributed by atoms with Gasteiger partial charge in [-0.25, -0.2) is 0 Å². The Hall–Kier alpha value is -2.17. The largest absolute Gasteiger partial charge is 0.352 e. The topological polar surface area (TPSA) is 66.5 Å². The molecule has 1 N–H and O–H groups in total. The fourth-order valence-electron chi connectivity index (χ4n) is 3.31. The van der Waals surface area contributed by atoms with E-state index in [1.54, 1.807) is 24.3 Å². The zero-order valence-electron chi connectivity index (χ0n) is 12.7. The van der Waals surface area contributed by atoms with Gasteiger partial charge in [-0.3, -0.25) is 19.3 Å². The highest BCUT2D eigenvalue weighted by atomic mass is 16.2. The minimum atomic E-state index is -0.382. The molecule has 0 radical (unpaired) electrons. The molecule has 3 amide bonds. The molecule has 0 spiro atoms. The standard InChI is InChI=1S/C17H20N2O3/c1-11-6-2-5-9-14(11)18-15(20)10-19-16(21)12-7-3-4-8-13(12)17(19)22/h3-4,7-8,11,14H,2,5-6,9-10H2,1H3,(H,18,20)/t11-,14-/m0/s1. The lowest BCUT2D eigenvalue weighted by Crippen LogP contribution is -2.46. The predicted octanol–water partition coefficient (Wildman–Crippen LogP) is 1.98. The maximum atomic E-state index is 12.2. The Bertz CT molecular complexity index is 591. The second-order valence-electron chi connectivity index (χ2n) is 6.18. The van der Waals surface area contributed by atoms with Crippen LogP contribution in [0.5, 0.6) is 0 Å². The van der Waals surface area contributed by atoms with Gasteiger partial charge in [-0.05, 0) is 30.9 Å². The Morgan fingerprint density at radius 1 is 1.14 bits per heavy atom. The molecule has 1 aliphatic carbocycles. The molecule has 22 heavy (non-hydrogen) atoms. The van der Waals surface area contributed by atoms with Gasteiger partial charge in [-0.1, -0.05) is 31.9 Å². The predicted molar refractivity (Wildman–Crippen MR) is 81.4 cm³/mol. The van der Waals surface area contributed by atoms with Gasteiger partial charge >= 0.3 is 0 Å². The first kappa shape index (κ1) is 14.8. The van der Waals surface area contributed by atoms with Crippen molar-refractivity contribution in [2.24, 2.45) is 5.92 Å². The van der Waals surface area contributed by atoms with Crippen molar-refractivity contribution in [3.63, 3.8) is 0 Å². The summed E-state index contributed by atoms with van der Waals surface area (Å²) in [5.74, 6) is -0.576. The molecule has 1 saturated carbocycles. The maximum absolute atomic E-state index is 12.2. The molecule has 1 heterocycles. The number of carbonyl (C=O) groups excluding carboxylic acids is 3. The number of nitrogens with one attached hydrogen (secondary N) is 1. The van der Waals surface area contributed by atoms with Crippen LogP contribution >= 0.6 is 0 Å². The van der Waals surface area contributed by atoms with Gasteiger partial charge in [0.15, 0.2) is 0 Å². The van der Waals surface area contributed by atoms with Gasteiger partial charge < -0.3 is 5.32 Å². The molecule has 5 heteroatoms. The molecule has 2 aliphatic rings. The summed E-state index contributed by atoms with van der Waals surface area (Å²) in [6.07, 6.45) is 4.39. The highest BCUT2D eigenvalue weighted by Gasteiger charge is 2.36. The lowest BCUT2D eigenvalue weighted by Gasteiger charge is -2.30. The van der Waals surface area contributed by atoms with Crippen LogP contribution < -0.4 is 5.32 Å². The number of nitrogens with zero attached hydrogens (tertiary/aromatic N) is 1. The van der Waals surface area contributed by atoms with E-state index in [4.69, 9.17) is 0 Å². The molecular formula is C17H20N2O3.